The molecule has 0 saturated carbocycles. The number of hydrogen-bond acceptors (Lipinski definition) is 3. The van der Waals surface area contributed by atoms with Gasteiger partial charge in [0.1, 0.15) is 11.6 Å². The van der Waals surface area contributed by atoms with Crippen LogP contribution in [0.5, 0.6) is 11.5 Å². The summed E-state index contributed by atoms with van der Waals surface area (Å²) in [5.74, 6) is -1.12. The Morgan fingerprint density at radius 2 is 2.00 bits per heavy atom. The predicted molar refractivity (Wildman–Crippen MR) is 58.6 cm³/mol. The SMILES string of the molecule is NCc1ccncc1Oc1ccc(F)cc1F. The van der Waals surface area contributed by atoms with Gasteiger partial charge < -0.3 is 10.5 Å². The van der Waals surface area contributed by atoms with Crippen molar-refractivity contribution < 1.29 is 13.5 Å². The van der Waals surface area contributed by atoms with Crippen LogP contribution in [-0.2, 0) is 6.54 Å². The highest BCUT2D eigenvalue weighted by atomic mass is 19.1. The lowest BCUT2D eigenvalue weighted by Gasteiger charge is -2.09. The largest absolute Gasteiger partial charge is 0.452 e. The smallest absolute Gasteiger partial charge is 0.168 e. The highest BCUT2D eigenvalue weighted by molar-refractivity contribution is 5.36. The lowest BCUT2D eigenvalue weighted by atomic mass is 10.2. The number of nitrogens with zero attached hydrogens (tertiary/aromatic N) is 1. The molecule has 0 aliphatic carbocycles. The Labute approximate surface area is 96.9 Å². The number of nitrogens with two attached hydrogens (primary N) is 1. The second-order valence-corrected chi connectivity index (χ2v) is 3.36. The van der Waals surface area contributed by atoms with E-state index in [4.69, 9.17) is 10.5 Å². The van der Waals surface area contributed by atoms with Crippen molar-refractivity contribution in [2.24, 2.45) is 5.73 Å². The van der Waals surface area contributed by atoms with Crippen LogP contribution in [0.4, 0.5) is 8.78 Å². The highest BCUT2D eigenvalue weighted by Gasteiger charge is 2.08. The fourth-order valence-electron chi connectivity index (χ4n) is 1.35. The van der Waals surface area contributed by atoms with Gasteiger partial charge in [0.2, 0.25) is 0 Å². The minimum absolute atomic E-state index is 0.0610. The molecule has 0 aliphatic rings. The molecule has 1 heterocycles. The number of benzene rings is 1. The maximum Gasteiger partial charge on any atom is 0.168 e. The average Bonchev–Trinajstić information content (AvgIpc) is 2.33. The van der Waals surface area contributed by atoms with Crippen LogP contribution < -0.4 is 10.5 Å². The van der Waals surface area contributed by atoms with E-state index in [1.54, 1.807) is 12.3 Å². The van der Waals surface area contributed by atoms with Crippen molar-refractivity contribution in [3.63, 3.8) is 0 Å². The summed E-state index contributed by atoms with van der Waals surface area (Å²) in [6.07, 6.45) is 3.00. The summed E-state index contributed by atoms with van der Waals surface area (Å²) in [5, 5.41) is 0. The van der Waals surface area contributed by atoms with Crippen LogP contribution in [0.25, 0.3) is 0 Å². The molecular weight excluding hydrogens is 226 g/mol. The molecule has 2 N–H and O–H groups in total. The molecule has 0 radical (unpaired) electrons. The maximum atomic E-state index is 13.4. The Morgan fingerprint density at radius 3 is 2.71 bits per heavy atom. The lowest BCUT2D eigenvalue weighted by molar-refractivity contribution is 0.432. The standard InChI is InChI=1S/C12H10F2N2O/c13-9-1-2-11(10(14)5-9)17-12-7-16-4-3-8(12)6-15/h1-5,7H,6,15H2. The Hall–Kier alpha value is -2.01. The maximum absolute atomic E-state index is 13.4. The summed E-state index contributed by atoms with van der Waals surface area (Å²) < 4.78 is 31.4. The second kappa shape index (κ2) is 4.88. The minimum Gasteiger partial charge on any atom is -0.452 e. The molecule has 0 saturated heterocycles. The van der Waals surface area contributed by atoms with Gasteiger partial charge in [-0.25, -0.2) is 8.78 Å². The van der Waals surface area contributed by atoms with E-state index >= 15 is 0 Å². The molecule has 0 atom stereocenters. The van der Waals surface area contributed by atoms with Crippen molar-refractivity contribution in [2.45, 2.75) is 6.54 Å². The predicted octanol–water partition coefficient (Wildman–Crippen LogP) is 2.61. The number of pyridine rings is 1. The Kier molecular flexibility index (Phi) is 3.30. The van der Waals surface area contributed by atoms with E-state index in [0.717, 1.165) is 12.1 Å². The van der Waals surface area contributed by atoms with Gasteiger partial charge in [0, 0.05) is 24.4 Å². The molecule has 0 fully saturated rings. The average molecular weight is 236 g/mol. The zero-order chi connectivity index (χ0) is 12.3. The first-order valence-corrected chi connectivity index (χ1v) is 4.96. The third kappa shape index (κ3) is 2.57. The van der Waals surface area contributed by atoms with Crippen LogP contribution in [-0.4, -0.2) is 4.98 Å². The molecule has 0 bridgehead atoms. The van der Waals surface area contributed by atoms with Crippen molar-refractivity contribution in [1.29, 1.82) is 0 Å². The summed E-state index contributed by atoms with van der Waals surface area (Å²) >= 11 is 0. The van der Waals surface area contributed by atoms with E-state index in [1.807, 2.05) is 0 Å². The molecule has 0 amide bonds. The van der Waals surface area contributed by atoms with Crippen LogP contribution in [0.15, 0.2) is 36.7 Å². The van der Waals surface area contributed by atoms with Crippen LogP contribution in [0.3, 0.4) is 0 Å². The number of aromatic nitrogens is 1. The normalized spacial score (nSPS) is 10.3. The first kappa shape index (κ1) is 11.5. The van der Waals surface area contributed by atoms with Crippen molar-refractivity contribution >= 4 is 0 Å². The molecule has 5 heteroatoms. The zero-order valence-electron chi connectivity index (χ0n) is 8.86. The number of ether oxygens (including phenoxy) is 1. The fraction of sp³-hybridized carbons (Fsp3) is 0.0833. The third-order valence-corrected chi connectivity index (χ3v) is 2.20. The molecular formula is C12H10F2N2O. The van der Waals surface area contributed by atoms with Crippen molar-refractivity contribution in [3.8, 4) is 11.5 Å². The lowest BCUT2D eigenvalue weighted by Crippen LogP contribution is -2.00. The molecule has 0 unspecified atom stereocenters. The van der Waals surface area contributed by atoms with Gasteiger partial charge in [-0.15, -0.1) is 0 Å². The zero-order valence-corrected chi connectivity index (χ0v) is 8.86. The van der Waals surface area contributed by atoms with Gasteiger partial charge in [-0.2, -0.15) is 0 Å². The fourth-order valence-corrected chi connectivity index (χ4v) is 1.35. The van der Waals surface area contributed by atoms with E-state index < -0.39 is 11.6 Å². The van der Waals surface area contributed by atoms with Crippen LogP contribution >= 0.6 is 0 Å². The monoisotopic (exact) mass is 236 g/mol. The molecule has 1 aromatic carbocycles. The number of rotatable bonds is 3. The summed E-state index contributed by atoms with van der Waals surface area (Å²) in [6.45, 7) is 0.251. The van der Waals surface area contributed by atoms with Gasteiger partial charge in [0.15, 0.2) is 11.6 Å². The van der Waals surface area contributed by atoms with E-state index in [9.17, 15) is 8.78 Å². The number of halogens is 2. The molecule has 1 aromatic heterocycles. The second-order valence-electron chi connectivity index (χ2n) is 3.36. The first-order chi connectivity index (χ1) is 8.20. The Morgan fingerprint density at radius 1 is 1.18 bits per heavy atom. The molecule has 2 aromatic rings. The van der Waals surface area contributed by atoms with Gasteiger partial charge in [-0.05, 0) is 18.2 Å². The highest BCUT2D eigenvalue weighted by Crippen LogP contribution is 2.26. The minimum atomic E-state index is -0.767. The van der Waals surface area contributed by atoms with E-state index in [2.05, 4.69) is 4.98 Å². The van der Waals surface area contributed by atoms with Gasteiger partial charge >= 0.3 is 0 Å². The summed E-state index contributed by atoms with van der Waals surface area (Å²) in [4.78, 5) is 3.86. The van der Waals surface area contributed by atoms with Crippen LogP contribution in [0.2, 0.25) is 0 Å². The molecule has 0 aliphatic heterocycles. The summed E-state index contributed by atoms with van der Waals surface area (Å²) in [7, 11) is 0. The van der Waals surface area contributed by atoms with E-state index in [0.29, 0.717) is 11.3 Å². The van der Waals surface area contributed by atoms with E-state index in [1.165, 1.54) is 12.3 Å². The topological polar surface area (TPSA) is 48.1 Å². The first-order valence-electron chi connectivity index (χ1n) is 4.96. The molecule has 2 rings (SSSR count). The quantitative estimate of drug-likeness (QED) is 0.891. The van der Waals surface area contributed by atoms with Crippen LogP contribution in [0.1, 0.15) is 5.56 Å². The van der Waals surface area contributed by atoms with Gasteiger partial charge in [-0.3, -0.25) is 4.98 Å². The molecule has 3 nitrogen and oxygen atoms in total. The van der Waals surface area contributed by atoms with E-state index in [-0.39, 0.29) is 12.3 Å². The number of hydrogen-bond donors (Lipinski definition) is 1. The van der Waals surface area contributed by atoms with Gasteiger partial charge in [0.25, 0.3) is 0 Å². The van der Waals surface area contributed by atoms with Crippen molar-refractivity contribution in [2.75, 3.05) is 0 Å². The summed E-state index contributed by atoms with van der Waals surface area (Å²) in [6, 6.07) is 4.78. The molecule has 88 valence electrons. The molecule has 17 heavy (non-hydrogen) atoms. The summed E-state index contributed by atoms with van der Waals surface area (Å²) in [5.41, 5.74) is 6.20. The van der Waals surface area contributed by atoms with Crippen molar-refractivity contribution in [1.82, 2.24) is 4.98 Å². The third-order valence-electron chi connectivity index (χ3n) is 2.20. The van der Waals surface area contributed by atoms with Gasteiger partial charge in [-0.1, -0.05) is 0 Å². The Balaban J connectivity index is 2.31. The van der Waals surface area contributed by atoms with Crippen LogP contribution in [0, 0.1) is 11.6 Å². The van der Waals surface area contributed by atoms with Gasteiger partial charge in [0.05, 0.1) is 6.20 Å². The van der Waals surface area contributed by atoms with Crippen molar-refractivity contribution in [3.05, 3.63) is 53.9 Å². The Bertz CT molecular complexity index is 532. The molecule has 0 spiro atoms.